The second-order valence-electron chi connectivity index (χ2n) is 4.45. The van der Waals surface area contributed by atoms with E-state index in [9.17, 15) is 0 Å². The summed E-state index contributed by atoms with van der Waals surface area (Å²) in [7, 11) is 0. The van der Waals surface area contributed by atoms with Gasteiger partial charge in [0.15, 0.2) is 0 Å². The highest BCUT2D eigenvalue weighted by Gasteiger charge is 2.15. The van der Waals surface area contributed by atoms with E-state index in [0.29, 0.717) is 5.56 Å². The Bertz CT molecular complexity index is 380. The molecule has 82 valence electrons. The average Bonchev–Trinajstić information content (AvgIpc) is 1.99. The van der Waals surface area contributed by atoms with E-state index in [1.807, 2.05) is 18.2 Å². The van der Waals surface area contributed by atoms with Crippen LogP contribution in [0.5, 0.6) is 0 Å². The van der Waals surface area contributed by atoms with Gasteiger partial charge < -0.3 is 11.1 Å². The van der Waals surface area contributed by atoms with Gasteiger partial charge in [-0.1, -0.05) is 6.07 Å². The number of hydrogen-bond acceptors (Lipinski definition) is 2. The number of amidine groups is 1. The van der Waals surface area contributed by atoms with Gasteiger partial charge in [-0.2, -0.15) is 0 Å². The Morgan fingerprint density at radius 3 is 2.47 bits per heavy atom. The molecule has 0 atom stereocenters. The zero-order valence-electron chi connectivity index (χ0n) is 9.19. The van der Waals surface area contributed by atoms with E-state index < -0.39 is 0 Å². The van der Waals surface area contributed by atoms with Crippen molar-refractivity contribution in [2.45, 2.75) is 26.3 Å². The molecule has 0 radical (unpaired) electrons. The van der Waals surface area contributed by atoms with Gasteiger partial charge in [-0.15, -0.1) is 0 Å². The molecular formula is C11H16BrN3. The van der Waals surface area contributed by atoms with E-state index in [2.05, 4.69) is 42.0 Å². The molecule has 0 bridgehead atoms. The van der Waals surface area contributed by atoms with Crippen molar-refractivity contribution in [3.05, 3.63) is 28.2 Å². The van der Waals surface area contributed by atoms with Crippen LogP contribution in [0.25, 0.3) is 0 Å². The molecule has 0 aliphatic carbocycles. The summed E-state index contributed by atoms with van der Waals surface area (Å²) in [4.78, 5) is 0. The molecule has 4 N–H and O–H groups in total. The molecule has 0 saturated heterocycles. The summed E-state index contributed by atoms with van der Waals surface area (Å²) in [5.41, 5.74) is 7.09. The summed E-state index contributed by atoms with van der Waals surface area (Å²) in [6.07, 6.45) is 0. The summed E-state index contributed by atoms with van der Waals surface area (Å²) in [6, 6.07) is 5.72. The predicted octanol–water partition coefficient (Wildman–Crippen LogP) is 2.94. The normalized spacial score (nSPS) is 11.2. The lowest BCUT2D eigenvalue weighted by Crippen LogP contribution is -2.28. The highest BCUT2D eigenvalue weighted by Crippen LogP contribution is 2.26. The quantitative estimate of drug-likeness (QED) is 0.571. The predicted molar refractivity (Wildman–Crippen MR) is 68.5 cm³/mol. The van der Waals surface area contributed by atoms with Crippen molar-refractivity contribution in [3.8, 4) is 0 Å². The zero-order chi connectivity index (χ0) is 11.6. The van der Waals surface area contributed by atoms with Crippen LogP contribution in [0.4, 0.5) is 5.69 Å². The molecule has 3 nitrogen and oxygen atoms in total. The van der Waals surface area contributed by atoms with Gasteiger partial charge in [0, 0.05) is 15.7 Å². The minimum atomic E-state index is -0.0506. The number of nitrogen functional groups attached to an aromatic ring is 1. The first kappa shape index (κ1) is 12.0. The van der Waals surface area contributed by atoms with Crippen LogP contribution in [0.2, 0.25) is 0 Å². The van der Waals surface area contributed by atoms with Crippen molar-refractivity contribution in [2.24, 2.45) is 5.73 Å². The average molecular weight is 270 g/mol. The lowest BCUT2D eigenvalue weighted by Gasteiger charge is -2.24. The molecule has 4 heteroatoms. The smallest absolute Gasteiger partial charge is 0.126 e. The molecule has 0 aliphatic heterocycles. The molecule has 1 rings (SSSR count). The molecule has 0 fully saturated rings. The topological polar surface area (TPSA) is 61.9 Å². The van der Waals surface area contributed by atoms with Crippen molar-refractivity contribution < 1.29 is 0 Å². The Morgan fingerprint density at radius 1 is 1.40 bits per heavy atom. The summed E-state index contributed by atoms with van der Waals surface area (Å²) in [5, 5.41) is 10.9. The van der Waals surface area contributed by atoms with Crippen LogP contribution in [-0.4, -0.2) is 11.4 Å². The fourth-order valence-corrected chi connectivity index (χ4v) is 1.89. The Balaban J connectivity index is 3.18. The van der Waals surface area contributed by atoms with Gasteiger partial charge in [0.05, 0.1) is 5.56 Å². The van der Waals surface area contributed by atoms with E-state index in [4.69, 9.17) is 11.1 Å². The molecule has 15 heavy (non-hydrogen) atoms. The van der Waals surface area contributed by atoms with Gasteiger partial charge in [-0.25, -0.2) is 0 Å². The van der Waals surface area contributed by atoms with Gasteiger partial charge in [0.2, 0.25) is 0 Å². The number of benzene rings is 1. The number of hydrogen-bond donors (Lipinski definition) is 3. The summed E-state index contributed by atoms with van der Waals surface area (Å²) >= 11 is 3.39. The molecule has 1 aromatic rings. The highest BCUT2D eigenvalue weighted by molar-refractivity contribution is 9.10. The second kappa shape index (κ2) is 4.23. The summed E-state index contributed by atoms with van der Waals surface area (Å²) < 4.78 is 0.837. The highest BCUT2D eigenvalue weighted by atomic mass is 79.9. The van der Waals surface area contributed by atoms with Crippen molar-refractivity contribution in [2.75, 3.05) is 5.32 Å². The number of nitrogens with two attached hydrogens (primary N) is 1. The molecule has 0 heterocycles. The van der Waals surface area contributed by atoms with Crippen molar-refractivity contribution in [3.63, 3.8) is 0 Å². The third kappa shape index (κ3) is 3.23. The molecule has 1 aromatic carbocycles. The van der Waals surface area contributed by atoms with Crippen LogP contribution in [0.3, 0.4) is 0 Å². The van der Waals surface area contributed by atoms with Crippen LogP contribution in [0.15, 0.2) is 22.7 Å². The molecule has 0 saturated carbocycles. The monoisotopic (exact) mass is 269 g/mol. The Morgan fingerprint density at radius 2 is 2.00 bits per heavy atom. The Hall–Kier alpha value is -1.03. The fourth-order valence-electron chi connectivity index (χ4n) is 1.31. The molecule has 0 aliphatic rings. The van der Waals surface area contributed by atoms with Crippen LogP contribution < -0.4 is 11.1 Å². The first-order chi connectivity index (χ1) is 6.81. The summed E-state index contributed by atoms with van der Waals surface area (Å²) in [5.74, 6) is 0.0641. The maximum atomic E-state index is 7.53. The van der Waals surface area contributed by atoms with E-state index in [1.165, 1.54) is 0 Å². The Kier molecular flexibility index (Phi) is 3.39. The summed E-state index contributed by atoms with van der Waals surface area (Å²) in [6.45, 7) is 6.20. The number of rotatable bonds is 2. The molecule has 0 spiro atoms. The van der Waals surface area contributed by atoms with E-state index in [1.54, 1.807) is 0 Å². The first-order valence-electron chi connectivity index (χ1n) is 4.72. The Labute approximate surface area is 98.7 Å². The van der Waals surface area contributed by atoms with Gasteiger partial charge in [0.1, 0.15) is 5.84 Å². The first-order valence-corrected chi connectivity index (χ1v) is 5.51. The van der Waals surface area contributed by atoms with Gasteiger partial charge >= 0.3 is 0 Å². The lowest BCUT2D eigenvalue weighted by molar-refractivity contribution is 0.634. The standard InChI is InChI=1S/C11H16BrN3/c1-11(2,3)15-8-6-4-5-7(12)9(8)10(13)14/h4-6,15H,1-3H3,(H3,13,14). The third-order valence-electron chi connectivity index (χ3n) is 1.79. The van der Waals surface area contributed by atoms with Crippen LogP contribution >= 0.6 is 15.9 Å². The number of halogens is 1. The van der Waals surface area contributed by atoms with Gasteiger partial charge in [0.25, 0.3) is 0 Å². The van der Waals surface area contributed by atoms with Crippen LogP contribution in [0, 0.1) is 5.41 Å². The maximum absolute atomic E-state index is 7.53. The van der Waals surface area contributed by atoms with E-state index in [-0.39, 0.29) is 11.4 Å². The zero-order valence-corrected chi connectivity index (χ0v) is 10.8. The SMILES string of the molecule is CC(C)(C)Nc1cccc(Br)c1C(=N)N. The van der Waals surface area contributed by atoms with Gasteiger partial charge in [-0.3, -0.25) is 5.41 Å². The van der Waals surface area contributed by atoms with Gasteiger partial charge in [-0.05, 0) is 48.8 Å². The molecule has 0 amide bonds. The molecule has 0 unspecified atom stereocenters. The molecule has 0 aromatic heterocycles. The third-order valence-corrected chi connectivity index (χ3v) is 2.45. The number of anilines is 1. The van der Waals surface area contributed by atoms with Crippen LogP contribution in [-0.2, 0) is 0 Å². The van der Waals surface area contributed by atoms with Crippen molar-refractivity contribution in [1.82, 2.24) is 0 Å². The van der Waals surface area contributed by atoms with E-state index >= 15 is 0 Å². The lowest BCUT2D eigenvalue weighted by atomic mass is 10.1. The minimum absolute atomic E-state index is 0.0506. The maximum Gasteiger partial charge on any atom is 0.126 e. The fraction of sp³-hybridized carbons (Fsp3) is 0.364. The van der Waals surface area contributed by atoms with Crippen molar-refractivity contribution in [1.29, 1.82) is 5.41 Å². The second-order valence-corrected chi connectivity index (χ2v) is 5.31. The number of nitrogens with one attached hydrogen (secondary N) is 2. The minimum Gasteiger partial charge on any atom is -0.384 e. The van der Waals surface area contributed by atoms with Crippen LogP contribution in [0.1, 0.15) is 26.3 Å². The largest absolute Gasteiger partial charge is 0.384 e. The van der Waals surface area contributed by atoms with Crippen molar-refractivity contribution >= 4 is 27.5 Å². The van der Waals surface area contributed by atoms with E-state index in [0.717, 1.165) is 10.2 Å². The molecular weight excluding hydrogens is 254 g/mol.